The smallest absolute Gasteiger partial charge is 0.238 e. The molecule has 1 aromatic heterocycles. The zero-order chi connectivity index (χ0) is 19.4. The summed E-state index contributed by atoms with van der Waals surface area (Å²) in [5.74, 6) is 0.603. The van der Waals surface area contributed by atoms with Gasteiger partial charge >= 0.3 is 0 Å². The molecule has 0 bridgehead atoms. The summed E-state index contributed by atoms with van der Waals surface area (Å²) >= 11 is 8.67. The minimum atomic E-state index is -3.71. The number of hydrogen-bond acceptors (Lipinski definition) is 4. The van der Waals surface area contributed by atoms with Gasteiger partial charge in [-0.2, -0.15) is 5.10 Å². The van der Waals surface area contributed by atoms with Crippen molar-refractivity contribution in [3.05, 3.63) is 70.8 Å². The first kappa shape index (κ1) is 19.5. The lowest BCUT2D eigenvalue weighted by Crippen LogP contribution is -2.19. The van der Waals surface area contributed by atoms with Gasteiger partial charge in [0.05, 0.1) is 11.4 Å². The average molecular weight is 466 g/mol. The van der Waals surface area contributed by atoms with Gasteiger partial charge in [0.25, 0.3) is 0 Å². The topological polar surface area (TPSA) is 102 Å². The number of sulfonamides is 1. The Hall–Kier alpha value is -2.27. The lowest BCUT2D eigenvalue weighted by atomic mass is 10.2. The van der Waals surface area contributed by atoms with E-state index in [1.807, 2.05) is 36.5 Å². The van der Waals surface area contributed by atoms with Crippen LogP contribution < -0.4 is 15.8 Å². The molecule has 0 spiro atoms. The minimum Gasteiger partial charge on any atom is -0.332 e. The second kappa shape index (κ2) is 8.17. The third kappa shape index (κ3) is 5.60. The standard InChI is InChI=1S/C17H16BrN5O2S2/c18-13-3-1-12(2-4-13)11-23-10-9-16(22-23)21-17(26)20-14-5-7-15(8-6-14)27(19,24)25/h1-10H,11H2,(H2,19,24,25)(H2,20,21,22,26). The highest BCUT2D eigenvalue weighted by molar-refractivity contribution is 9.10. The molecule has 3 rings (SSSR count). The third-order valence-electron chi connectivity index (χ3n) is 3.58. The molecule has 0 radical (unpaired) electrons. The van der Waals surface area contributed by atoms with E-state index < -0.39 is 10.0 Å². The fourth-order valence-corrected chi connectivity index (χ4v) is 3.30. The van der Waals surface area contributed by atoms with Crippen molar-refractivity contribution in [2.24, 2.45) is 5.14 Å². The normalized spacial score (nSPS) is 11.2. The average Bonchev–Trinajstić information content (AvgIpc) is 3.03. The minimum absolute atomic E-state index is 0.0404. The summed E-state index contributed by atoms with van der Waals surface area (Å²) in [6, 6.07) is 15.8. The third-order valence-corrected chi connectivity index (χ3v) is 5.24. The number of benzene rings is 2. The molecule has 0 saturated heterocycles. The number of thiocarbonyl (C=S) groups is 1. The van der Waals surface area contributed by atoms with Crippen LogP contribution >= 0.6 is 28.1 Å². The van der Waals surface area contributed by atoms with E-state index in [0.29, 0.717) is 23.2 Å². The van der Waals surface area contributed by atoms with Crippen molar-refractivity contribution in [1.82, 2.24) is 9.78 Å². The molecular formula is C17H16BrN5O2S2. The lowest BCUT2D eigenvalue weighted by Gasteiger charge is -2.09. The van der Waals surface area contributed by atoms with Gasteiger partial charge < -0.3 is 10.6 Å². The van der Waals surface area contributed by atoms with Crippen LogP contribution in [0.3, 0.4) is 0 Å². The molecule has 1 heterocycles. The number of anilines is 2. The maximum atomic E-state index is 11.3. The summed E-state index contributed by atoms with van der Waals surface area (Å²) in [5, 5.41) is 15.8. The summed E-state index contributed by atoms with van der Waals surface area (Å²) in [7, 11) is -3.71. The quantitative estimate of drug-likeness (QED) is 0.500. The van der Waals surface area contributed by atoms with Crippen LogP contribution in [0.15, 0.2) is 70.2 Å². The van der Waals surface area contributed by atoms with Crippen LogP contribution in [0.4, 0.5) is 11.5 Å². The first-order chi connectivity index (χ1) is 12.8. The van der Waals surface area contributed by atoms with Crippen molar-refractivity contribution in [2.45, 2.75) is 11.4 Å². The van der Waals surface area contributed by atoms with Gasteiger partial charge in [-0.25, -0.2) is 13.6 Å². The van der Waals surface area contributed by atoms with Crippen molar-refractivity contribution in [2.75, 3.05) is 10.6 Å². The largest absolute Gasteiger partial charge is 0.332 e. The number of hydrogen-bond donors (Lipinski definition) is 3. The van der Waals surface area contributed by atoms with Crippen molar-refractivity contribution >= 4 is 54.8 Å². The molecule has 0 aliphatic rings. The Balaban J connectivity index is 1.58. The number of nitrogens with zero attached hydrogens (tertiary/aromatic N) is 2. The molecule has 0 fully saturated rings. The highest BCUT2D eigenvalue weighted by atomic mass is 79.9. The number of nitrogens with one attached hydrogen (secondary N) is 2. The molecule has 3 aromatic rings. The van der Waals surface area contributed by atoms with E-state index in [4.69, 9.17) is 17.4 Å². The first-order valence-electron chi connectivity index (χ1n) is 7.78. The van der Waals surface area contributed by atoms with Gasteiger partial charge in [0.2, 0.25) is 10.0 Å². The van der Waals surface area contributed by atoms with Gasteiger partial charge in [0, 0.05) is 22.4 Å². The molecule has 0 unspecified atom stereocenters. The van der Waals surface area contributed by atoms with Crippen LogP contribution in [0.25, 0.3) is 0 Å². The van der Waals surface area contributed by atoms with Crippen molar-refractivity contribution in [3.63, 3.8) is 0 Å². The fraction of sp³-hybridized carbons (Fsp3) is 0.0588. The van der Waals surface area contributed by atoms with E-state index in [1.54, 1.807) is 16.8 Å². The second-order valence-electron chi connectivity index (χ2n) is 5.67. The summed E-state index contributed by atoms with van der Waals surface area (Å²) in [6.45, 7) is 0.643. The summed E-state index contributed by atoms with van der Waals surface area (Å²) < 4.78 is 25.4. The Morgan fingerprint density at radius 3 is 2.37 bits per heavy atom. The SMILES string of the molecule is NS(=O)(=O)c1ccc(NC(=S)Nc2ccn(Cc3ccc(Br)cc3)n2)cc1. The molecule has 140 valence electrons. The van der Waals surface area contributed by atoms with Gasteiger partial charge in [-0.05, 0) is 54.2 Å². The van der Waals surface area contributed by atoms with Gasteiger partial charge in [0.15, 0.2) is 10.9 Å². The van der Waals surface area contributed by atoms with Gasteiger partial charge in [-0.15, -0.1) is 0 Å². The Kier molecular flexibility index (Phi) is 5.90. The molecule has 2 aromatic carbocycles. The van der Waals surface area contributed by atoms with Crippen LogP contribution in [-0.2, 0) is 16.6 Å². The van der Waals surface area contributed by atoms with E-state index >= 15 is 0 Å². The second-order valence-corrected chi connectivity index (χ2v) is 8.56. The van der Waals surface area contributed by atoms with Crippen LogP contribution in [0.1, 0.15) is 5.56 Å². The molecule has 4 N–H and O–H groups in total. The number of halogens is 1. The predicted molar refractivity (Wildman–Crippen MR) is 113 cm³/mol. The van der Waals surface area contributed by atoms with Gasteiger partial charge in [-0.1, -0.05) is 28.1 Å². The molecule has 0 amide bonds. The highest BCUT2D eigenvalue weighted by Gasteiger charge is 2.08. The van der Waals surface area contributed by atoms with E-state index in [9.17, 15) is 8.42 Å². The highest BCUT2D eigenvalue weighted by Crippen LogP contribution is 2.14. The molecular weight excluding hydrogens is 450 g/mol. The van der Waals surface area contributed by atoms with Crippen molar-refractivity contribution in [3.8, 4) is 0 Å². The lowest BCUT2D eigenvalue weighted by molar-refractivity contribution is 0.598. The van der Waals surface area contributed by atoms with Crippen LogP contribution in [0.2, 0.25) is 0 Å². The number of aromatic nitrogens is 2. The van der Waals surface area contributed by atoms with Gasteiger partial charge in [-0.3, -0.25) is 4.68 Å². The van der Waals surface area contributed by atoms with Crippen molar-refractivity contribution < 1.29 is 8.42 Å². The Bertz CT molecular complexity index is 1050. The Labute approximate surface area is 170 Å². The molecule has 0 saturated carbocycles. The summed E-state index contributed by atoms with van der Waals surface area (Å²) in [5.41, 5.74) is 1.76. The molecule has 27 heavy (non-hydrogen) atoms. The molecule has 10 heteroatoms. The molecule has 0 atom stereocenters. The fourth-order valence-electron chi connectivity index (χ4n) is 2.30. The van der Waals surface area contributed by atoms with Crippen LogP contribution in [-0.4, -0.2) is 23.3 Å². The zero-order valence-corrected chi connectivity index (χ0v) is 17.2. The van der Waals surface area contributed by atoms with E-state index in [0.717, 1.165) is 10.0 Å². The van der Waals surface area contributed by atoms with Crippen molar-refractivity contribution in [1.29, 1.82) is 0 Å². The number of nitrogens with two attached hydrogens (primary N) is 1. The molecule has 0 aliphatic heterocycles. The Morgan fingerprint density at radius 1 is 1.07 bits per heavy atom. The zero-order valence-electron chi connectivity index (χ0n) is 14.0. The maximum Gasteiger partial charge on any atom is 0.238 e. The number of rotatable bonds is 5. The predicted octanol–water partition coefficient (Wildman–Crippen LogP) is 3.15. The first-order valence-corrected chi connectivity index (χ1v) is 10.5. The van der Waals surface area contributed by atoms with Crippen LogP contribution in [0.5, 0.6) is 0 Å². The van der Waals surface area contributed by atoms with E-state index in [1.165, 1.54) is 12.1 Å². The monoisotopic (exact) mass is 465 g/mol. The Morgan fingerprint density at radius 2 is 1.74 bits per heavy atom. The summed E-state index contributed by atoms with van der Waals surface area (Å²) in [6.07, 6.45) is 1.86. The van der Waals surface area contributed by atoms with E-state index in [-0.39, 0.29) is 4.90 Å². The molecule has 0 aliphatic carbocycles. The summed E-state index contributed by atoms with van der Waals surface area (Å²) in [4.78, 5) is 0.0404. The van der Waals surface area contributed by atoms with Crippen LogP contribution in [0, 0.1) is 0 Å². The molecule has 7 nitrogen and oxygen atoms in total. The number of primary sulfonamides is 1. The van der Waals surface area contributed by atoms with Gasteiger partial charge in [0.1, 0.15) is 0 Å². The van der Waals surface area contributed by atoms with E-state index in [2.05, 4.69) is 31.7 Å². The maximum absolute atomic E-state index is 11.3.